The van der Waals surface area contributed by atoms with Gasteiger partial charge in [-0.15, -0.1) is 11.3 Å². The van der Waals surface area contributed by atoms with E-state index in [9.17, 15) is 5.11 Å². The van der Waals surface area contributed by atoms with Crippen molar-refractivity contribution in [1.82, 2.24) is 0 Å². The van der Waals surface area contributed by atoms with Crippen molar-refractivity contribution < 1.29 is 15.2 Å². The van der Waals surface area contributed by atoms with Gasteiger partial charge in [-0.05, 0) is 24.6 Å². The Balaban J connectivity index is 2.71. The summed E-state index contributed by atoms with van der Waals surface area (Å²) in [5, 5.41) is 28.3. The molecule has 0 aliphatic carbocycles. The maximum atomic E-state index is 9.70. The van der Waals surface area contributed by atoms with Gasteiger partial charge in [0.05, 0.1) is 0 Å². The Morgan fingerprint density at radius 1 is 1.29 bits per heavy atom. The number of phenolic OH excluding ortho intramolecular Hbond substituents is 1. The summed E-state index contributed by atoms with van der Waals surface area (Å²) in [7, 11) is -1.47. The highest BCUT2D eigenvalue weighted by Crippen LogP contribution is 2.30. The van der Waals surface area contributed by atoms with Crippen LogP contribution in [0, 0.1) is 6.92 Å². The van der Waals surface area contributed by atoms with E-state index in [0.29, 0.717) is 10.2 Å². The first-order chi connectivity index (χ1) is 6.59. The van der Waals surface area contributed by atoms with Crippen LogP contribution in [0.5, 0.6) is 5.75 Å². The number of rotatable bonds is 1. The SMILES string of the molecule is Cc1ccc2sc(B(O)O)cc2c1O. The number of benzene rings is 1. The van der Waals surface area contributed by atoms with E-state index in [0.717, 1.165) is 10.3 Å². The predicted octanol–water partition coefficient (Wildman–Crippen LogP) is 0.595. The number of fused-ring (bicyclic) bond motifs is 1. The molecule has 0 radical (unpaired) electrons. The molecular weight excluding hydrogens is 199 g/mol. The van der Waals surface area contributed by atoms with Gasteiger partial charge in [0, 0.05) is 14.9 Å². The van der Waals surface area contributed by atoms with Gasteiger partial charge in [-0.25, -0.2) is 0 Å². The van der Waals surface area contributed by atoms with Crippen LogP contribution in [0.2, 0.25) is 0 Å². The maximum Gasteiger partial charge on any atom is 0.499 e. The van der Waals surface area contributed by atoms with Crippen LogP contribution in [-0.4, -0.2) is 22.3 Å². The second-order valence-electron chi connectivity index (χ2n) is 3.17. The summed E-state index contributed by atoms with van der Waals surface area (Å²) in [6.45, 7) is 1.81. The van der Waals surface area contributed by atoms with E-state index in [1.54, 1.807) is 6.07 Å². The van der Waals surface area contributed by atoms with Gasteiger partial charge in [0.25, 0.3) is 0 Å². The number of thiophene rings is 1. The van der Waals surface area contributed by atoms with Gasteiger partial charge in [0.1, 0.15) is 5.75 Å². The molecular formula is C9H9BO3S. The Labute approximate surface area is 85.4 Å². The van der Waals surface area contributed by atoms with Crippen LogP contribution in [0.3, 0.4) is 0 Å². The number of hydrogen-bond donors (Lipinski definition) is 3. The molecule has 5 heteroatoms. The minimum Gasteiger partial charge on any atom is -0.507 e. The van der Waals surface area contributed by atoms with Crippen molar-refractivity contribution in [3.05, 3.63) is 23.8 Å². The molecule has 0 aliphatic rings. The van der Waals surface area contributed by atoms with Gasteiger partial charge in [-0.3, -0.25) is 0 Å². The molecule has 0 saturated heterocycles. The van der Waals surface area contributed by atoms with Crippen LogP contribution in [-0.2, 0) is 0 Å². The van der Waals surface area contributed by atoms with Gasteiger partial charge in [0.2, 0.25) is 0 Å². The molecule has 0 spiro atoms. The number of phenols is 1. The summed E-state index contributed by atoms with van der Waals surface area (Å²) >= 11 is 1.27. The topological polar surface area (TPSA) is 60.7 Å². The lowest BCUT2D eigenvalue weighted by Gasteiger charge is -1.97. The molecule has 72 valence electrons. The average Bonchev–Trinajstić information content (AvgIpc) is 2.56. The molecule has 3 N–H and O–H groups in total. The summed E-state index contributed by atoms with van der Waals surface area (Å²) in [6, 6.07) is 5.27. The smallest absolute Gasteiger partial charge is 0.499 e. The van der Waals surface area contributed by atoms with Crippen molar-refractivity contribution in [1.29, 1.82) is 0 Å². The van der Waals surface area contributed by atoms with Gasteiger partial charge >= 0.3 is 7.12 Å². The third kappa shape index (κ3) is 1.39. The van der Waals surface area contributed by atoms with E-state index in [4.69, 9.17) is 10.0 Å². The molecule has 14 heavy (non-hydrogen) atoms. The van der Waals surface area contributed by atoms with Crippen molar-refractivity contribution in [3.63, 3.8) is 0 Å². The third-order valence-electron chi connectivity index (χ3n) is 2.15. The third-order valence-corrected chi connectivity index (χ3v) is 3.29. The van der Waals surface area contributed by atoms with Gasteiger partial charge in [-0.2, -0.15) is 0 Å². The van der Waals surface area contributed by atoms with E-state index in [2.05, 4.69) is 0 Å². The van der Waals surface area contributed by atoms with Crippen molar-refractivity contribution in [2.45, 2.75) is 6.92 Å². The highest BCUT2D eigenvalue weighted by atomic mass is 32.1. The fraction of sp³-hybridized carbons (Fsp3) is 0.111. The first kappa shape index (κ1) is 9.52. The molecule has 1 aromatic carbocycles. The lowest BCUT2D eigenvalue weighted by molar-refractivity contribution is 0.427. The Kier molecular flexibility index (Phi) is 2.22. The largest absolute Gasteiger partial charge is 0.507 e. The quantitative estimate of drug-likeness (QED) is 0.601. The van der Waals surface area contributed by atoms with Gasteiger partial charge in [-0.1, -0.05) is 6.07 Å². The molecule has 0 fully saturated rings. The minimum atomic E-state index is -1.47. The Hall–Kier alpha value is -1.04. The highest BCUT2D eigenvalue weighted by molar-refractivity contribution is 7.27. The molecule has 2 aromatic rings. The van der Waals surface area contributed by atoms with Crippen LogP contribution < -0.4 is 4.78 Å². The molecule has 0 amide bonds. The molecule has 2 rings (SSSR count). The van der Waals surface area contributed by atoms with E-state index in [1.165, 1.54) is 11.3 Å². The summed E-state index contributed by atoms with van der Waals surface area (Å²) < 4.78 is 1.30. The molecule has 0 atom stereocenters. The van der Waals surface area contributed by atoms with E-state index in [-0.39, 0.29) is 5.75 Å². The molecule has 0 unspecified atom stereocenters. The van der Waals surface area contributed by atoms with Crippen molar-refractivity contribution in [2.75, 3.05) is 0 Å². The van der Waals surface area contributed by atoms with Crippen LogP contribution in [0.4, 0.5) is 0 Å². The maximum absolute atomic E-state index is 9.70. The summed E-state index contributed by atoms with van der Waals surface area (Å²) in [5.74, 6) is 0.214. The van der Waals surface area contributed by atoms with Crippen molar-refractivity contribution in [2.24, 2.45) is 0 Å². The van der Waals surface area contributed by atoms with E-state index >= 15 is 0 Å². The fourth-order valence-electron chi connectivity index (χ4n) is 1.35. The second-order valence-corrected chi connectivity index (χ2v) is 4.28. The van der Waals surface area contributed by atoms with E-state index in [1.807, 2.05) is 19.1 Å². The monoisotopic (exact) mass is 208 g/mol. The Bertz CT molecular complexity index is 478. The van der Waals surface area contributed by atoms with Crippen molar-refractivity contribution >= 4 is 33.3 Å². The fourth-order valence-corrected chi connectivity index (χ4v) is 2.29. The lowest BCUT2D eigenvalue weighted by Crippen LogP contribution is -2.26. The summed E-state index contributed by atoms with van der Waals surface area (Å²) in [4.78, 5) is 0. The predicted molar refractivity (Wildman–Crippen MR) is 58.1 cm³/mol. The lowest BCUT2D eigenvalue weighted by atomic mass is 9.89. The Morgan fingerprint density at radius 3 is 2.64 bits per heavy atom. The zero-order valence-electron chi connectivity index (χ0n) is 7.56. The van der Waals surface area contributed by atoms with Crippen LogP contribution in [0.25, 0.3) is 10.1 Å². The molecule has 0 saturated carbocycles. The number of hydrogen-bond acceptors (Lipinski definition) is 4. The summed E-state index contributed by atoms with van der Waals surface area (Å²) in [6.07, 6.45) is 0. The molecule has 3 nitrogen and oxygen atoms in total. The first-order valence-electron chi connectivity index (χ1n) is 4.17. The van der Waals surface area contributed by atoms with Crippen LogP contribution in [0.1, 0.15) is 5.56 Å². The van der Waals surface area contributed by atoms with Crippen molar-refractivity contribution in [3.8, 4) is 5.75 Å². The number of aromatic hydroxyl groups is 1. The van der Waals surface area contributed by atoms with Gasteiger partial charge < -0.3 is 15.2 Å². The second kappa shape index (κ2) is 3.27. The molecule has 0 bridgehead atoms. The average molecular weight is 208 g/mol. The molecule has 1 heterocycles. The van der Waals surface area contributed by atoms with E-state index < -0.39 is 7.12 Å². The zero-order chi connectivity index (χ0) is 10.3. The normalized spacial score (nSPS) is 10.8. The molecule has 0 aliphatic heterocycles. The number of aryl methyl sites for hydroxylation is 1. The summed E-state index contributed by atoms with van der Waals surface area (Å²) in [5.41, 5.74) is 0.786. The van der Waals surface area contributed by atoms with Gasteiger partial charge in [0.15, 0.2) is 0 Å². The van der Waals surface area contributed by atoms with Crippen LogP contribution >= 0.6 is 11.3 Å². The zero-order valence-corrected chi connectivity index (χ0v) is 8.38. The molecule has 1 aromatic heterocycles. The minimum absolute atomic E-state index is 0.214. The highest BCUT2D eigenvalue weighted by Gasteiger charge is 2.16. The van der Waals surface area contributed by atoms with Crippen LogP contribution in [0.15, 0.2) is 18.2 Å². The standard InChI is InChI=1S/C9H9BO3S/c1-5-2-3-7-6(9(5)11)4-8(14-7)10(12)13/h2-4,11-13H,1H3. The first-order valence-corrected chi connectivity index (χ1v) is 4.99. The Morgan fingerprint density at radius 2 is 2.00 bits per heavy atom.